The Kier molecular flexibility index (Phi) is 18.6. The highest BCUT2D eigenvalue weighted by molar-refractivity contribution is 7.00. The topological polar surface area (TPSA) is 73.8 Å². The number of fused-ring (bicyclic) bond motifs is 20. The molecule has 0 N–H and O–H groups in total. The second kappa shape index (κ2) is 32.2. The van der Waals surface area contributed by atoms with E-state index in [0.29, 0.717) is 0 Å². The normalized spacial score (nSPS) is 12.8. The van der Waals surface area contributed by atoms with Crippen LogP contribution in [0.15, 0.2) is 461 Å². The molecule has 0 radical (unpaired) electrons. The molecule has 136 heavy (non-hydrogen) atoms. The maximum Gasteiger partial charge on any atom is 0.260 e. The molecule has 0 atom stereocenters. The molecule has 0 unspecified atom stereocenters. The third-order valence-electron chi connectivity index (χ3n) is 28.0. The third-order valence-corrected chi connectivity index (χ3v) is 28.0. The van der Waals surface area contributed by atoms with E-state index in [1.54, 1.807) is 0 Å². The van der Waals surface area contributed by atoms with Gasteiger partial charge in [0, 0.05) is 44.1 Å². The second-order valence-corrected chi connectivity index (χ2v) is 35.5. The summed E-state index contributed by atoms with van der Waals surface area (Å²) in [6, 6.07) is 161. The lowest BCUT2D eigenvalue weighted by molar-refractivity contribution is 0.465. The van der Waals surface area contributed by atoms with Gasteiger partial charge in [0.15, 0.2) is 0 Å². The van der Waals surface area contributed by atoms with Crippen molar-refractivity contribution in [2.24, 2.45) is 0 Å². The summed E-state index contributed by atoms with van der Waals surface area (Å²) in [5.74, 6) is 14.3. The van der Waals surface area contributed by atoms with Gasteiger partial charge in [0.1, 0.15) is 92.0 Å². The van der Waals surface area contributed by atoms with Crippen molar-refractivity contribution < 1.29 is 37.9 Å². The molecule has 0 fully saturated rings. The highest BCUT2D eigenvalue weighted by Crippen LogP contribution is 2.50. The van der Waals surface area contributed by atoms with Gasteiger partial charge < -0.3 is 37.9 Å². The van der Waals surface area contributed by atoms with Gasteiger partial charge in [-0.2, -0.15) is 0 Å². The van der Waals surface area contributed by atoms with Crippen molar-refractivity contribution >= 4 is 135 Å². The Balaban J connectivity index is 0.0000000922. The zero-order valence-electron chi connectivity index (χ0n) is 73.5. The Bertz CT molecular complexity index is 8640. The molecule has 22 aromatic rings. The Hall–Kier alpha value is -17.5. The minimum absolute atomic E-state index is 0.0560. The second-order valence-electron chi connectivity index (χ2n) is 35.5. The van der Waals surface area contributed by atoms with Gasteiger partial charge in [0.05, 0.1) is 0 Å². The Morgan fingerprint density at radius 2 is 0.390 bits per heavy atom. The van der Waals surface area contributed by atoms with Crippen molar-refractivity contribution in [3.8, 4) is 159 Å². The first-order valence-corrected chi connectivity index (χ1v) is 46.4. The monoisotopic (exact) mass is 1740 g/mol. The van der Waals surface area contributed by atoms with E-state index in [0.717, 1.165) is 153 Å². The van der Waals surface area contributed by atoms with Crippen LogP contribution in [0.1, 0.15) is 0 Å². The summed E-state index contributed by atoms with van der Waals surface area (Å²) in [6.45, 7) is 0.310. The van der Waals surface area contributed by atoms with Crippen LogP contribution < -0.4 is 103 Å². The Morgan fingerprint density at radius 3 is 0.794 bits per heavy atom. The van der Waals surface area contributed by atoms with E-state index in [2.05, 4.69) is 406 Å². The first-order chi connectivity index (χ1) is 67.5. The molecule has 8 aliphatic rings. The number of rotatable bonds is 6. The molecular weight excluding hydrogens is 1660 g/mol. The maximum absolute atomic E-state index is 6.75. The summed E-state index contributed by atoms with van der Waals surface area (Å²) in [4.78, 5) is 0. The van der Waals surface area contributed by atoms with E-state index in [1.165, 1.54) is 115 Å². The first kappa shape index (κ1) is 78.4. The van der Waals surface area contributed by atoms with Crippen LogP contribution in [0.2, 0.25) is 0 Å². The number of para-hydroxylation sites is 8. The fraction of sp³-hybridized carbons (Fsp3) is 0. The molecule has 632 valence electrons. The highest BCUT2D eigenvalue weighted by atomic mass is 16.5. The minimum atomic E-state index is 0.0560. The summed E-state index contributed by atoms with van der Waals surface area (Å²) in [6.07, 6.45) is 0. The lowest BCUT2D eigenvalue weighted by Gasteiger charge is -2.34. The molecule has 0 saturated carbocycles. The van der Waals surface area contributed by atoms with Crippen LogP contribution in [0.25, 0.3) is 110 Å². The number of benzene rings is 22. The average molecular weight is 1740 g/mol. The molecule has 0 aromatic heterocycles. The highest BCUT2D eigenvalue weighted by Gasteiger charge is 2.46. The summed E-state index contributed by atoms with van der Waals surface area (Å²) < 4.78 is 52.1. The van der Waals surface area contributed by atoms with Crippen molar-refractivity contribution in [3.05, 3.63) is 461 Å². The van der Waals surface area contributed by atoms with Gasteiger partial charge in [-0.3, -0.25) is 0 Å². The predicted molar refractivity (Wildman–Crippen MR) is 559 cm³/mol. The Morgan fingerprint density at radius 1 is 0.125 bits per heavy atom. The van der Waals surface area contributed by atoms with Gasteiger partial charge in [0.2, 0.25) is 0 Å². The molecular formula is C124H76B4O8. The average Bonchev–Trinajstić information content (AvgIpc) is 0.726. The zero-order valence-corrected chi connectivity index (χ0v) is 73.5. The number of hydrogen-bond donors (Lipinski definition) is 0. The van der Waals surface area contributed by atoms with E-state index in [-0.39, 0.29) is 26.9 Å². The summed E-state index contributed by atoms with van der Waals surface area (Å²) >= 11 is 0. The van der Waals surface area contributed by atoms with E-state index >= 15 is 0 Å². The van der Waals surface area contributed by atoms with Crippen molar-refractivity contribution in [3.63, 3.8) is 0 Å². The van der Waals surface area contributed by atoms with Crippen LogP contribution in [0.5, 0.6) is 92.0 Å². The zero-order chi connectivity index (χ0) is 89.4. The van der Waals surface area contributed by atoms with Gasteiger partial charge in [-0.1, -0.05) is 346 Å². The van der Waals surface area contributed by atoms with E-state index < -0.39 is 0 Å². The van der Waals surface area contributed by atoms with Crippen LogP contribution in [0.4, 0.5) is 0 Å². The van der Waals surface area contributed by atoms with Crippen molar-refractivity contribution in [2.75, 3.05) is 0 Å². The molecule has 0 bridgehead atoms. The quantitative estimate of drug-likeness (QED) is 0.153. The summed E-state index contributed by atoms with van der Waals surface area (Å²) in [5, 5.41) is 9.76. The van der Waals surface area contributed by atoms with E-state index in [4.69, 9.17) is 37.9 Å². The van der Waals surface area contributed by atoms with Gasteiger partial charge >= 0.3 is 0 Å². The predicted octanol–water partition coefficient (Wildman–Crippen LogP) is 24.3. The van der Waals surface area contributed by atoms with Gasteiger partial charge in [-0.05, 0) is 247 Å². The van der Waals surface area contributed by atoms with Crippen LogP contribution in [0, 0.1) is 0 Å². The fourth-order valence-electron chi connectivity index (χ4n) is 21.9. The molecule has 8 nitrogen and oxygen atoms in total. The van der Waals surface area contributed by atoms with Gasteiger partial charge in [-0.25, -0.2) is 0 Å². The Labute approximate surface area is 787 Å². The minimum Gasteiger partial charge on any atom is -0.458 e. The van der Waals surface area contributed by atoms with Crippen LogP contribution >= 0.6 is 0 Å². The molecule has 8 aliphatic heterocycles. The van der Waals surface area contributed by atoms with Crippen molar-refractivity contribution in [1.82, 2.24) is 0 Å². The van der Waals surface area contributed by atoms with Crippen LogP contribution in [-0.4, -0.2) is 26.9 Å². The lowest BCUT2D eigenvalue weighted by Crippen LogP contribution is -2.57. The smallest absolute Gasteiger partial charge is 0.260 e. The van der Waals surface area contributed by atoms with E-state index in [1.807, 2.05) is 54.6 Å². The maximum atomic E-state index is 6.75. The van der Waals surface area contributed by atoms with Crippen LogP contribution in [-0.2, 0) is 0 Å². The van der Waals surface area contributed by atoms with Crippen molar-refractivity contribution in [1.29, 1.82) is 0 Å². The first-order valence-electron chi connectivity index (χ1n) is 46.4. The van der Waals surface area contributed by atoms with Gasteiger partial charge in [0.25, 0.3) is 26.9 Å². The number of hydrogen-bond acceptors (Lipinski definition) is 8. The van der Waals surface area contributed by atoms with Crippen LogP contribution in [0.3, 0.4) is 0 Å². The third kappa shape index (κ3) is 13.0. The fourth-order valence-corrected chi connectivity index (χ4v) is 21.9. The molecule has 22 aromatic carbocycles. The molecule has 8 heterocycles. The summed E-state index contributed by atoms with van der Waals surface area (Å²) in [7, 11) is 0. The molecule has 0 saturated heterocycles. The summed E-state index contributed by atoms with van der Waals surface area (Å²) in [5.41, 5.74) is 27.6. The molecule has 30 rings (SSSR count). The lowest BCUT2D eigenvalue weighted by atomic mass is 9.34. The standard InChI is InChI=1S/2C34H21BO2.2C28H17BO2/c1-2-10-22(11-3-1)26-20-23-12-4-5-13-24(23)21-27(26)25-18-19-32-33-34(25)37-31-17-9-7-15-29(31)35(33)28-14-6-8-16-30(28)36-32;1-2-10-22(11-3-1)23-18-19-26(25-13-5-4-12-24(23)25)27-20-21-32-33-34(27)37-31-17-9-7-15-29(31)35(33)28-14-6-8-16-30(28)36-32;1-2-10-19-18(8-1)9-7-11-20(19)21-16-17-26-27-28(21)31-25-15-6-4-13-23(25)29(27)22-12-3-5-14-24(22)30-26;1-2-8-19-17-20(14-13-18(19)7-1)21-15-16-26-27-28(21)31-25-12-6-4-10-23(25)29(27)22-9-3-5-11-24(22)30-26/h2*1-21H;2*1-17H. The van der Waals surface area contributed by atoms with Gasteiger partial charge in [-0.15, -0.1) is 0 Å². The molecule has 0 amide bonds. The number of ether oxygens (including phenoxy) is 8. The van der Waals surface area contributed by atoms with Crippen molar-refractivity contribution in [2.45, 2.75) is 0 Å². The SMILES string of the molecule is c1ccc(-c2cc3ccccc3cc2-c2ccc3c4c2Oc2ccccc2B4c2ccccc2O3)cc1.c1ccc(-c2ccc(-c3ccc4c5c3Oc3ccccc3B5c3ccccc3O4)c3ccccc23)cc1.c1ccc2c(c1)Oc1ccc(-c3ccc4ccccc4c3)c3c1B2c1ccccc1O3.c1ccc2c(c1)Oc1ccc(-c3cccc4ccccc34)c3c1B2c1ccccc1O3. The molecule has 0 spiro atoms. The molecule has 0 aliphatic carbocycles. The van der Waals surface area contributed by atoms with E-state index in [9.17, 15) is 0 Å². The largest absolute Gasteiger partial charge is 0.458 e. The molecule has 12 heteroatoms.